The number of nitrogens with one attached hydrogen (secondary N) is 2. The predicted octanol–water partition coefficient (Wildman–Crippen LogP) is 1.28. The molecule has 136 valence electrons. The summed E-state index contributed by atoms with van der Waals surface area (Å²) in [5.74, 6) is 0.638. The Balaban J connectivity index is 1.32. The minimum absolute atomic E-state index is 0.0144. The van der Waals surface area contributed by atoms with Crippen LogP contribution < -0.4 is 10.6 Å². The summed E-state index contributed by atoms with van der Waals surface area (Å²) in [5.41, 5.74) is 0.783. The number of rotatable bonds is 4. The molecule has 1 aromatic heterocycles. The van der Waals surface area contributed by atoms with Crippen LogP contribution in [0, 0.1) is 5.41 Å². The molecule has 3 aliphatic heterocycles. The highest BCUT2D eigenvalue weighted by Crippen LogP contribution is 2.40. The van der Waals surface area contributed by atoms with Gasteiger partial charge >= 0.3 is 0 Å². The van der Waals surface area contributed by atoms with E-state index in [1.807, 2.05) is 4.90 Å². The van der Waals surface area contributed by atoms with Crippen LogP contribution in [0.5, 0.6) is 0 Å². The Hall–Kier alpha value is -1.73. The normalized spacial score (nSPS) is 25.4. The van der Waals surface area contributed by atoms with Gasteiger partial charge < -0.3 is 20.3 Å². The number of amides is 1. The summed E-state index contributed by atoms with van der Waals surface area (Å²) in [6, 6.07) is 0. The van der Waals surface area contributed by atoms with Crippen LogP contribution in [0.25, 0.3) is 0 Å². The minimum atomic E-state index is -0.0144. The highest BCUT2D eigenvalue weighted by Gasteiger charge is 2.40. The molecule has 3 aliphatic rings. The summed E-state index contributed by atoms with van der Waals surface area (Å²) in [7, 11) is 0. The number of nitrogens with zero attached hydrogens (tertiary/aromatic N) is 3. The van der Waals surface area contributed by atoms with E-state index in [9.17, 15) is 4.79 Å². The molecular weight excluding hydrogens is 318 g/mol. The van der Waals surface area contributed by atoms with Gasteiger partial charge in [-0.3, -0.25) is 9.78 Å². The van der Waals surface area contributed by atoms with Crippen molar-refractivity contribution in [1.82, 2.24) is 20.2 Å². The molecule has 0 bridgehead atoms. The van der Waals surface area contributed by atoms with Crippen molar-refractivity contribution >= 4 is 11.7 Å². The first kappa shape index (κ1) is 16.7. The van der Waals surface area contributed by atoms with Crippen LogP contribution in [0.1, 0.15) is 42.6 Å². The molecular formula is C18H27N5O2. The standard InChI is InChI=1S/C18H27N5O2/c24-17(23-7-1-2-8-23)15-11-20-12-16(22-15)21-10-14-9-18(13-25-14)3-5-19-6-4-18/h11-12,14,19H,1-10,13H2,(H,21,22). The van der Waals surface area contributed by atoms with Crippen molar-refractivity contribution in [3.05, 3.63) is 18.1 Å². The monoisotopic (exact) mass is 345 g/mol. The first-order chi connectivity index (χ1) is 12.2. The first-order valence-corrected chi connectivity index (χ1v) is 9.42. The van der Waals surface area contributed by atoms with Crippen LogP contribution in [0.3, 0.4) is 0 Å². The maximum atomic E-state index is 12.4. The Labute approximate surface area is 148 Å². The molecule has 4 rings (SSSR count). The Morgan fingerprint density at radius 2 is 2.12 bits per heavy atom. The molecule has 1 unspecified atom stereocenters. The fraction of sp³-hybridized carbons (Fsp3) is 0.722. The molecule has 2 N–H and O–H groups in total. The van der Waals surface area contributed by atoms with Gasteiger partial charge in [0, 0.05) is 19.6 Å². The van der Waals surface area contributed by atoms with E-state index in [1.54, 1.807) is 12.4 Å². The molecule has 0 aliphatic carbocycles. The lowest BCUT2D eigenvalue weighted by atomic mass is 9.77. The van der Waals surface area contributed by atoms with Crippen molar-refractivity contribution < 1.29 is 9.53 Å². The predicted molar refractivity (Wildman–Crippen MR) is 94.6 cm³/mol. The number of carbonyl (C=O) groups excluding carboxylic acids is 1. The molecule has 25 heavy (non-hydrogen) atoms. The van der Waals surface area contributed by atoms with Crippen LogP contribution in [0.15, 0.2) is 12.4 Å². The lowest BCUT2D eigenvalue weighted by Gasteiger charge is -2.32. The maximum Gasteiger partial charge on any atom is 0.274 e. The second kappa shape index (κ2) is 7.25. The van der Waals surface area contributed by atoms with Crippen LogP contribution in [0.2, 0.25) is 0 Å². The number of aromatic nitrogens is 2. The third-order valence-electron chi connectivity index (χ3n) is 5.71. The summed E-state index contributed by atoms with van der Waals surface area (Å²) < 4.78 is 6.01. The van der Waals surface area contributed by atoms with Gasteiger partial charge in [-0.1, -0.05) is 0 Å². The Bertz CT molecular complexity index is 611. The van der Waals surface area contributed by atoms with Crippen LogP contribution >= 0.6 is 0 Å². The fourth-order valence-corrected chi connectivity index (χ4v) is 4.19. The van der Waals surface area contributed by atoms with E-state index in [2.05, 4.69) is 20.6 Å². The third kappa shape index (κ3) is 3.77. The molecule has 1 atom stereocenters. The molecule has 1 spiro atoms. The van der Waals surface area contributed by atoms with Gasteiger partial charge in [0.25, 0.3) is 5.91 Å². The topological polar surface area (TPSA) is 79.4 Å². The minimum Gasteiger partial charge on any atom is -0.376 e. The molecule has 3 fully saturated rings. The number of carbonyl (C=O) groups is 1. The van der Waals surface area contributed by atoms with Gasteiger partial charge in [0.1, 0.15) is 11.5 Å². The van der Waals surface area contributed by atoms with E-state index in [-0.39, 0.29) is 12.0 Å². The van der Waals surface area contributed by atoms with Crippen molar-refractivity contribution in [1.29, 1.82) is 0 Å². The summed E-state index contributed by atoms with van der Waals surface area (Å²) in [5, 5.41) is 6.73. The average molecular weight is 345 g/mol. The molecule has 1 aromatic rings. The van der Waals surface area contributed by atoms with E-state index in [4.69, 9.17) is 4.74 Å². The van der Waals surface area contributed by atoms with Gasteiger partial charge in [0.2, 0.25) is 0 Å². The van der Waals surface area contributed by atoms with E-state index in [0.29, 0.717) is 23.5 Å². The lowest BCUT2D eigenvalue weighted by molar-refractivity contribution is 0.0786. The van der Waals surface area contributed by atoms with Crippen molar-refractivity contribution in [3.63, 3.8) is 0 Å². The zero-order valence-corrected chi connectivity index (χ0v) is 14.7. The molecule has 7 heteroatoms. The van der Waals surface area contributed by atoms with Crippen molar-refractivity contribution in [2.24, 2.45) is 5.41 Å². The summed E-state index contributed by atoms with van der Waals surface area (Å²) in [6.45, 7) is 5.41. The van der Waals surface area contributed by atoms with Crippen LogP contribution in [-0.2, 0) is 4.74 Å². The molecule has 3 saturated heterocycles. The van der Waals surface area contributed by atoms with E-state index in [1.165, 1.54) is 12.8 Å². The second-order valence-corrected chi connectivity index (χ2v) is 7.56. The highest BCUT2D eigenvalue weighted by molar-refractivity contribution is 5.92. The number of piperidine rings is 1. The number of hydrogen-bond acceptors (Lipinski definition) is 6. The zero-order valence-electron chi connectivity index (χ0n) is 14.7. The largest absolute Gasteiger partial charge is 0.376 e. The lowest BCUT2D eigenvalue weighted by Crippen LogP contribution is -2.37. The smallest absolute Gasteiger partial charge is 0.274 e. The van der Waals surface area contributed by atoms with Crippen molar-refractivity contribution in [2.45, 2.75) is 38.2 Å². The Morgan fingerprint density at radius 3 is 2.92 bits per heavy atom. The van der Waals surface area contributed by atoms with Crippen molar-refractivity contribution in [3.8, 4) is 0 Å². The van der Waals surface area contributed by atoms with E-state index >= 15 is 0 Å². The zero-order chi connectivity index (χ0) is 17.1. The maximum absolute atomic E-state index is 12.4. The number of ether oxygens (including phenoxy) is 1. The van der Waals surface area contributed by atoms with Gasteiger partial charge in [0.15, 0.2) is 0 Å². The molecule has 0 radical (unpaired) electrons. The van der Waals surface area contributed by atoms with Crippen molar-refractivity contribution in [2.75, 3.05) is 44.6 Å². The van der Waals surface area contributed by atoms with Gasteiger partial charge in [-0.25, -0.2) is 4.98 Å². The van der Waals surface area contributed by atoms with E-state index < -0.39 is 0 Å². The summed E-state index contributed by atoms with van der Waals surface area (Å²) >= 11 is 0. The quantitative estimate of drug-likeness (QED) is 0.856. The molecule has 4 heterocycles. The SMILES string of the molecule is O=C(c1cncc(NCC2CC3(CCNCC3)CO2)n1)N1CCCC1. The van der Waals surface area contributed by atoms with Crippen LogP contribution in [0.4, 0.5) is 5.82 Å². The molecule has 1 amide bonds. The first-order valence-electron chi connectivity index (χ1n) is 9.42. The Kier molecular flexibility index (Phi) is 4.85. The number of hydrogen-bond donors (Lipinski definition) is 2. The fourth-order valence-electron chi connectivity index (χ4n) is 4.19. The van der Waals surface area contributed by atoms with E-state index in [0.717, 1.165) is 52.0 Å². The summed E-state index contributed by atoms with van der Waals surface area (Å²) in [6.07, 6.45) is 9.09. The van der Waals surface area contributed by atoms with Gasteiger partial charge in [-0.15, -0.1) is 0 Å². The number of likely N-dealkylation sites (tertiary alicyclic amines) is 1. The molecule has 7 nitrogen and oxygen atoms in total. The Morgan fingerprint density at radius 1 is 1.32 bits per heavy atom. The van der Waals surface area contributed by atoms with Gasteiger partial charge in [-0.05, 0) is 50.6 Å². The third-order valence-corrected chi connectivity index (χ3v) is 5.71. The van der Waals surface area contributed by atoms with Gasteiger partial charge in [-0.2, -0.15) is 0 Å². The second-order valence-electron chi connectivity index (χ2n) is 7.56. The van der Waals surface area contributed by atoms with Crippen LogP contribution in [-0.4, -0.2) is 66.2 Å². The molecule has 0 saturated carbocycles. The highest BCUT2D eigenvalue weighted by atomic mass is 16.5. The molecule has 0 aromatic carbocycles. The van der Waals surface area contributed by atoms with Gasteiger partial charge in [0.05, 0.1) is 25.1 Å². The average Bonchev–Trinajstić information content (AvgIpc) is 3.31. The summed E-state index contributed by atoms with van der Waals surface area (Å²) in [4.78, 5) is 22.9. The number of anilines is 1.